The van der Waals surface area contributed by atoms with Gasteiger partial charge in [-0.2, -0.15) is 5.26 Å². The van der Waals surface area contributed by atoms with Gasteiger partial charge in [-0.05, 0) is 26.0 Å². The van der Waals surface area contributed by atoms with Crippen molar-refractivity contribution in [1.29, 1.82) is 5.26 Å². The van der Waals surface area contributed by atoms with Crippen LogP contribution in [0.3, 0.4) is 0 Å². The van der Waals surface area contributed by atoms with Crippen LogP contribution in [0.2, 0.25) is 0 Å². The smallest absolute Gasteiger partial charge is 0.0991 e. The van der Waals surface area contributed by atoms with E-state index in [0.29, 0.717) is 11.6 Å². The molecule has 0 atom stereocenters. The lowest BCUT2D eigenvalue weighted by atomic mass is 10.1. The summed E-state index contributed by atoms with van der Waals surface area (Å²) in [7, 11) is 0. The molecule has 1 heterocycles. The molecule has 16 heavy (non-hydrogen) atoms. The van der Waals surface area contributed by atoms with E-state index in [-0.39, 0.29) is 0 Å². The largest absolute Gasteiger partial charge is 0.334 e. The number of nitrogens with zero attached hydrogens (tertiary/aromatic N) is 3. The van der Waals surface area contributed by atoms with Crippen molar-refractivity contribution in [3.8, 4) is 17.3 Å². The molecule has 0 radical (unpaired) electrons. The SMILES string of the molecule is CC(C)n1cnc(-c2cccc(C#N)c2)c1. The Kier molecular flexibility index (Phi) is 2.74. The summed E-state index contributed by atoms with van der Waals surface area (Å²) in [6.07, 6.45) is 3.82. The molecular weight excluding hydrogens is 198 g/mol. The standard InChI is InChI=1S/C13H13N3/c1-10(2)16-8-13(15-9-16)12-5-3-4-11(6-12)7-14/h3-6,8-10H,1-2H3. The molecule has 0 saturated carbocycles. The quantitative estimate of drug-likeness (QED) is 0.766. The third-order valence-corrected chi connectivity index (χ3v) is 2.49. The van der Waals surface area contributed by atoms with E-state index >= 15 is 0 Å². The molecule has 0 bridgehead atoms. The monoisotopic (exact) mass is 211 g/mol. The molecule has 2 aromatic rings. The van der Waals surface area contributed by atoms with Crippen molar-refractivity contribution in [2.45, 2.75) is 19.9 Å². The third-order valence-electron chi connectivity index (χ3n) is 2.49. The minimum absolute atomic E-state index is 0.403. The van der Waals surface area contributed by atoms with Crippen LogP contribution in [-0.2, 0) is 0 Å². The predicted molar refractivity (Wildman–Crippen MR) is 62.8 cm³/mol. The maximum absolute atomic E-state index is 8.83. The number of rotatable bonds is 2. The highest BCUT2D eigenvalue weighted by Crippen LogP contribution is 2.19. The maximum atomic E-state index is 8.83. The summed E-state index contributed by atoms with van der Waals surface area (Å²) in [4.78, 5) is 4.34. The van der Waals surface area contributed by atoms with E-state index in [0.717, 1.165) is 11.3 Å². The first-order valence-electron chi connectivity index (χ1n) is 5.24. The summed E-state index contributed by atoms with van der Waals surface area (Å²) >= 11 is 0. The van der Waals surface area contributed by atoms with Crippen LogP contribution < -0.4 is 0 Å². The Morgan fingerprint density at radius 1 is 1.38 bits per heavy atom. The van der Waals surface area contributed by atoms with Gasteiger partial charge in [-0.3, -0.25) is 0 Å². The molecule has 0 unspecified atom stereocenters. The molecule has 1 aromatic carbocycles. The molecule has 0 aliphatic heterocycles. The van der Waals surface area contributed by atoms with Crippen molar-refractivity contribution in [3.05, 3.63) is 42.4 Å². The Morgan fingerprint density at radius 2 is 2.19 bits per heavy atom. The number of aromatic nitrogens is 2. The van der Waals surface area contributed by atoms with Gasteiger partial charge in [0.1, 0.15) is 0 Å². The van der Waals surface area contributed by atoms with Crippen molar-refractivity contribution in [2.75, 3.05) is 0 Å². The van der Waals surface area contributed by atoms with Crippen molar-refractivity contribution in [1.82, 2.24) is 9.55 Å². The average molecular weight is 211 g/mol. The van der Waals surface area contributed by atoms with E-state index < -0.39 is 0 Å². The molecule has 3 heteroatoms. The second kappa shape index (κ2) is 4.19. The van der Waals surface area contributed by atoms with E-state index in [1.54, 1.807) is 6.07 Å². The van der Waals surface area contributed by atoms with Crippen molar-refractivity contribution >= 4 is 0 Å². The van der Waals surface area contributed by atoms with Gasteiger partial charge in [-0.25, -0.2) is 4.98 Å². The third kappa shape index (κ3) is 1.96. The lowest BCUT2D eigenvalue weighted by Crippen LogP contribution is -1.95. The van der Waals surface area contributed by atoms with Crippen LogP contribution >= 0.6 is 0 Å². The second-order valence-corrected chi connectivity index (χ2v) is 3.99. The van der Waals surface area contributed by atoms with Gasteiger partial charge in [0, 0.05) is 17.8 Å². The Balaban J connectivity index is 2.39. The van der Waals surface area contributed by atoms with Gasteiger partial charge in [0.25, 0.3) is 0 Å². The van der Waals surface area contributed by atoms with Crippen molar-refractivity contribution < 1.29 is 0 Å². The van der Waals surface area contributed by atoms with E-state index in [1.165, 1.54) is 0 Å². The number of imidazole rings is 1. The first-order chi connectivity index (χ1) is 7.70. The highest BCUT2D eigenvalue weighted by molar-refractivity contribution is 5.60. The summed E-state index contributed by atoms with van der Waals surface area (Å²) in [5.74, 6) is 0. The Hall–Kier alpha value is -2.08. The fraction of sp³-hybridized carbons (Fsp3) is 0.231. The maximum Gasteiger partial charge on any atom is 0.0991 e. The van der Waals surface area contributed by atoms with Gasteiger partial charge in [0.05, 0.1) is 23.7 Å². The van der Waals surface area contributed by atoms with Crippen LogP contribution in [0.1, 0.15) is 25.5 Å². The van der Waals surface area contributed by atoms with Crippen LogP contribution in [0.4, 0.5) is 0 Å². The Labute approximate surface area is 95.0 Å². The molecule has 0 spiro atoms. The van der Waals surface area contributed by atoms with Crippen LogP contribution in [0.5, 0.6) is 0 Å². The molecule has 0 amide bonds. The fourth-order valence-electron chi connectivity index (χ4n) is 1.52. The molecule has 0 aliphatic carbocycles. The molecule has 1 aromatic heterocycles. The van der Waals surface area contributed by atoms with Gasteiger partial charge in [-0.15, -0.1) is 0 Å². The molecule has 0 aliphatic rings. The lowest BCUT2D eigenvalue weighted by Gasteiger charge is -2.03. The van der Waals surface area contributed by atoms with Crippen molar-refractivity contribution in [3.63, 3.8) is 0 Å². The normalized spacial score (nSPS) is 10.4. The van der Waals surface area contributed by atoms with Crippen LogP contribution in [-0.4, -0.2) is 9.55 Å². The van der Waals surface area contributed by atoms with E-state index in [4.69, 9.17) is 5.26 Å². The Morgan fingerprint density at radius 3 is 2.81 bits per heavy atom. The molecular formula is C13H13N3. The summed E-state index contributed by atoms with van der Waals surface area (Å²) in [6, 6.07) is 10.0. The average Bonchev–Trinajstić information content (AvgIpc) is 2.78. The number of benzene rings is 1. The first-order valence-corrected chi connectivity index (χ1v) is 5.24. The second-order valence-electron chi connectivity index (χ2n) is 3.99. The summed E-state index contributed by atoms with van der Waals surface area (Å²) in [6.45, 7) is 4.22. The summed E-state index contributed by atoms with van der Waals surface area (Å²) < 4.78 is 2.05. The van der Waals surface area contributed by atoms with Gasteiger partial charge in [0.15, 0.2) is 0 Å². The zero-order valence-electron chi connectivity index (χ0n) is 9.38. The van der Waals surface area contributed by atoms with Gasteiger partial charge in [0.2, 0.25) is 0 Å². The zero-order chi connectivity index (χ0) is 11.5. The van der Waals surface area contributed by atoms with Crippen LogP contribution in [0.15, 0.2) is 36.8 Å². The fourth-order valence-corrected chi connectivity index (χ4v) is 1.52. The highest BCUT2D eigenvalue weighted by atomic mass is 15.0. The summed E-state index contributed by atoms with van der Waals surface area (Å²) in [5, 5.41) is 8.83. The molecule has 2 rings (SSSR count). The van der Waals surface area contributed by atoms with Crippen molar-refractivity contribution in [2.24, 2.45) is 0 Å². The summed E-state index contributed by atoms with van der Waals surface area (Å²) in [5.41, 5.74) is 2.56. The van der Waals surface area contributed by atoms with Crippen LogP contribution in [0.25, 0.3) is 11.3 Å². The zero-order valence-corrected chi connectivity index (χ0v) is 9.38. The van der Waals surface area contributed by atoms with Gasteiger partial charge >= 0.3 is 0 Å². The van der Waals surface area contributed by atoms with E-state index in [1.807, 2.05) is 35.3 Å². The Bertz CT molecular complexity index is 532. The minimum atomic E-state index is 0.403. The predicted octanol–water partition coefficient (Wildman–Crippen LogP) is 3.00. The highest BCUT2D eigenvalue weighted by Gasteiger charge is 2.04. The van der Waals surface area contributed by atoms with E-state index in [9.17, 15) is 0 Å². The lowest BCUT2D eigenvalue weighted by molar-refractivity contribution is 0.600. The minimum Gasteiger partial charge on any atom is -0.334 e. The molecule has 0 N–H and O–H groups in total. The number of hydrogen-bond acceptors (Lipinski definition) is 2. The number of nitriles is 1. The van der Waals surface area contributed by atoms with Crippen LogP contribution in [0, 0.1) is 11.3 Å². The molecule has 3 nitrogen and oxygen atoms in total. The van der Waals surface area contributed by atoms with Gasteiger partial charge < -0.3 is 4.57 Å². The molecule has 0 fully saturated rings. The molecule has 80 valence electrons. The van der Waals surface area contributed by atoms with E-state index in [2.05, 4.69) is 24.9 Å². The topological polar surface area (TPSA) is 41.6 Å². The first kappa shape index (κ1) is 10.4. The number of hydrogen-bond donors (Lipinski definition) is 0. The van der Waals surface area contributed by atoms with Gasteiger partial charge in [-0.1, -0.05) is 12.1 Å². The molecule has 0 saturated heterocycles.